The molecule has 0 saturated heterocycles. The average molecular weight is 364 g/mol. The van der Waals surface area contributed by atoms with Crippen molar-refractivity contribution in [2.24, 2.45) is 0 Å². The lowest BCUT2D eigenvalue weighted by Crippen LogP contribution is -2.39. The molecule has 1 aliphatic heterocycles. The Bertz CT molecular complexity index is 939. The minimum absolute atomic E-state index is 0.188. The number of fused-ring (bicyclic) bond motifs is 1. The van der Waals surface area contributed by atoms with Crippen LogP contribution in [0.25, 0.3) is 0 Å². The van der Waals surface area contributed by atoms with E-state index in [0.29, 0.717) is 12.4 Å². The van der Waals surface area contributed by atoms with Gasteiger partial charge in [0.05, 0.1) is 32.1 Å². The molecule has 0 aliphatic carbocycles. The van der Waals surface area contributed by atoms with Crippen molar-refractivity contribution in [3.05, 3.63) is 65.6 Å². The van der Waals surface area contributed by atoms with Crippen LogP contribution >= 0.6 is 0 Å². The Morgan fingerprint density at radius 2 is 2.00 bits per heavy atom. The quantitative estimate of drug-likeness (QED) is 0.654. The van der Waals surface area contributed by atoms with E-state index in [4.69, 9.17) is 0 Å². The number of carbonyl (C=O) groups excluding carboxylic acids is 1. The molecule has 0 unspecified atom stereocenters. The smallest absolute Gasteiger partial charge is 0.358 e. The molecule has 0 N–H and O–H groups in total. The number of aryl methyl sites for hydroxylation is 1. The molecule has 1 aromatic carbocycles. The summed E-state index contributed by atoms with van der Waals surface area (Å²) < 4.78 is 6.89. The number of methoxy groups -OCH3 is 1. The third-order valence-electron chi connectivity index (χ3n) is 4.74. The number of carbonyl (C=O) groups is 1. The maximum Gasteiger partial charge on any atom is 0.358 e. The van der Waals surface area contributed by atoms with E-state index in [1.165, 1.54) is 18.9 Å². The van der Waals surface area contributed by atoms with E-state index < -0.39 is 5.97 Å². The van der Waals surface area contributed by atoms with Crippen molar-refractivity contribution in [2.45, 2.75) is 25.9 Å². The van der Waals surface area contributed by atoms with Crippen LogP contribution in [0.1, 0.15) is 33.7 Å². The molecule has 1 aliphatic rings. The summed E-state index contributed by atoms with van der Waals surface area (Å²) in [4.78, 5) is 22.2. The van der Waals surface area contributed by atoms with E-state index in [1.807, 2.05) is 25.1 Å². The Hall–Kier alpha value is -3.29. The second-order valence-electron chi connectivity index (χ2n) is 6.51. The molecular formula is C19H20N6O2. The van der Waals surface area contributed by atoms with Crippen LogP contribution in [0.3, 0.4) is 0 Å². The predicted octanol–water partition coefficient (Wildman–Crippen LogP) is 1.97. The molecular weight excluding hydrogens is 344 g/mol. The fourth-order valence-electron chi connectivity index (χ4n) is 3.48. The highest BCUT2D eigenvalue weighted by molar-refractivity contribution is 5.86. The summed E-state index contributed by atoms with van der Waals surface area (Å²) in [5.74, 6) is 2.02. The van der Waals surface area contributed by atoms with E-state index in [2.05, 4.69) is 46.5 Å². The van der Waals surface area contributed by atoms with Crippen LogP contribution < -0.4 is 4.90 Å². The van der Waals surface area contributed by atoms with Crippen molar-refractivity contribution in [1.82, 2.24) is 24.7 Å². The molecule has 0 fully saturated rings. The normalized spacial score (nSPS) is 16.1. The third-order valence-corrected chi connectivity index (χ3v) is 4.74. The number of rotatable bonds is 4. The zero-order chi connectivity index (χ0) is 18.8. The molecule has 2 aromatic heterocycles. The SMILES string of the molecule is COC(=O)c1cnc(N2Cc3nnc(C)n3[C@H](Cc3ccccc3)C2)cn1. The van der Waals surface area contributed by atoms with Crippen LogP contribution in [0.15, 0.2) is 42.7 Å². The first kappa shape index (κ1) is 17.1. The second kappa shape index (κ2) is 7.14. The van der Waals surface area contributed by atoms with Gasteiger partial charge in [0.2, 0.25) is 0 Å². The number of hydrogen-bond acceptors (Lipinski definition) is 7. The summed E-state index contributed by atoms with van der Waals surface area (Å²) in [5.41, 5.74) is 1.45. The van der Waals surface area contributed by atoms with Gasteiger partial charge in [-0.25, -0.2) is 14.8 Å². The topological polar surface area (TPSA) is 86.0 Å². The number of hydrogen-bond donors (Lipinski definition) is 0. The van der Waals surface area contributed by atoms with E-state index >= 15 is 0 Å². The molecule has 0 spiro atoms. The summed E-state index contributed by atoms with van der Waals surface area (Å²) in [6.45, 7) is 3.33. The summed E-state index contributed by atoms with van der Waals surface area (Å²) in [6, 6.07) is 10.6. The van der Waals surface area contributed by atoms with Gasteiger partial charge in [-0.1, -0.05) is 30.3 Å². The van der Waals surface area contributed by atoms with Crippen LogP contribution in [0, 0.1) is 6.92 Å². The molecule has 8 nitrogen and oxygen atoms in total. The Kier molecular flexibility index (Phi) is 4.53. The Labute approximate surface area is 156 Å². The minimum atomic E-state index is -0.495. The first-order valence-corrected chi connectivity index (χ1v) is 8.75. The van der Waals surface area contributed by atoms with E-state index in [-0.39, 0.29) is 11.7 Å². The van der Waals surface area contributed by atoms with Gasteiger partial charge in [-0.2, -0.15) is 0 Å². The molecule has 138 valence electrons. The summed E-state index contributed by atoms with van der Waals surface area (Å²) in [5, 5.41) is 8.59. The zero-order valence-electron chi connectivity index (χ0n) is 15.2. The van der Waals surface area contributed by atoms with Gasteiger partial charge in [-0.15, -0.1) is 10.2 Å². The number of aromatic nitrogens is 5. The maximum atomic E-state index is 11.6. The van der Waals surface area contributed by atoms with Gasteiger partial charge in [0.25, 0.3) is 0 Å². The minimum Gasteiger partial charge on any atom is -0.464 e. The van der Waals surface area contributed by atoms with E-state index in [0.717, 1.165) is 24.6 Å². The van der Waals surface area contributed by atoms with Crippen molar-refractivity contribution >= 4 is 11.8 Å². The standard InChI is InChI=1S/C19H20N6O2/c1-13-22-23-18-12-24(17-10-20-16(9-21-17)19(26)27-2)11-15(25(13)18)8-14-6-4-3-5-7-14/h3-7,9-10,15H,8,11-12H2,1-2H3/t15-/m1/s1. The Balaban J connectivity index is 1.61. The van der Waals surface area contributed by atoms with Crippen molar-refractivity contribution in [2.75, 3.05) is 18.6 Å². The zero-order valence-corrected chi connectivity index (χ0v) is 15.2. The van der Waals surface area contributed by atoms with Crippen molar-refractivity contribution < 1.29 is 9.53 Å². The molecule has 4 rings (SSSR count). The van der Waals surface area contributed by atoms with Crippen LogP contribution in [-0.4, -0.2) is 44.4 Å². The highest BCUT2D eigenvalue weighted by Crippen LogP contribution is 2.27. The summed E-state index contributed by atoms with van der Waals surface area (Å²) >= 11 is 0. The lowest BCUT2D eigenvalue weighted by molar-refractivity contribution is 0.0593. The van der Waals surface area contributed by atoms with Crippen LogP contribution in [0.2, 0.25) is 0 Å². The van der Waals surface area contributed by atoms with Gasteiger partial charge in [0, 0.05) is 6.54 Å². The molecule has 3 heterocycles. The maximum absolute atomic E-state index is 11.6. The molecule has 27 heavy (non-hydrogen) atoms. The van der Waals surface area contributed by atoms with Gasteiger partial charge in [0.1, 0.15) is 11.6 Å². The molecule has 0 radical (unpaired) electrons. The number of ether oxygens (including phenoxy) is 1. The molecule has 0 bridgehead atoms. The summed E-state index contributed by atoms with van der Waals surface area (Å²) in [6.07, 6.45) is 3.92. The first-order chi connectivity index (χ1) is 13.2. The predicted molar refractivity (Wildman–Crippen MR) is 98.4 cm³/mol. The van der Waals surface area contributed by atoms with Crippen molar-refractivity contribution in [1.29, 1.82) is 0 Å². The second-order valence-corrected chi connectivity index (χ2v) is 6.51. The van der Waals surface area contributed by atoms with E-state index in [9.17, 15) is 4.79 Å². The first-order valence-electron chi connectivity index (χ1n) is 8.75. The summed E-state index contributed by atoms with van der Waals surface area (Å²) in [7, 11) is 1.33. The largest absolute Gasteiger partial charge is 0.464 e. The van der Waals surface area contributed by atoms with Gasteiger partial charge < -0.3 is 14.2 Å². The fourth-order valence-corrected chi connectivity index (χ4v) is 3.48. The highest BCUT2D eigenvalue weighted by Gasteiger charge is 2.29. The van der Waals surface area contributed by atoms with Gasteiger partial charge in [0.15, 0.2) is 11.5 Å². The Morgan fingerprint density at radius 1 is 1.19 bits per heavy atom. The van der Waals surface area contributed by atoms with Gasteiger partial charge >= 0.3 is 5.97 Å². The lowest BCUT2D eigenvalue weighted by atomic mass is 10.0. The van der Waals surface area contributed by atoms with Crippen LogP contribution in [-0.2, 0) is 17.7 Å². The van der Waals surface area contributed by atoms with E-state index in [1.54, 1.807) is 6.20 Å². The number of anilines is 1. The number of nitrogens with zero attached hydrogens (tertiary/aromatic N) is 6. The molecule has 0 saturated carbocycles. The number of esters is 1. The molecule has 1 atom stereocenters. The van der Waals surface area contributed by atoms with Gasteiger partial charge in [-0.3, -0.25) is 0 Å². The molecule has 0 amide bonds. The van der Waals surface area contributed by atoms with Crippen LogP contribution in [0.5, 0.6) is 0 Å². The number of benzene rings is 1. The molecule has 3 aromatic rings. The Morgan fingerprint density at radius 3 is 2.70 bits per heavy atom. The van der Waals surface area contributed by atoms with Crippen LogP contribution in [0.4, 0.5) is 5.82 Å². The monoisotopic (exact) mass is 364 g/mol. The third kappa shape index (κ3) is 3.38. The van der Waals surface area contributed by atoms with Gasteiger partial charge in [-0.05, 0) is 18.9 Å². The highest BCUT2D eigenvalue weighted by atomic mass is 16.5. The van der Waals surface area contributed by atoms with Crippen molar-refractivity contribution in [3.63, 3.8) is 0 Å². The fraction of sp³-hybridized carbons (Fsp3) is 0.316. The average Bonchev–Trinajstić information content (AvgIpc) is 3.09. The van der Waals surface area contributed by atoms with Crippen molar-refractivity contribution in [3.8, 4) is 0 Å². The lowest BCUT2D eigenvalue weighted by Gasteiger charge is -2.34. The molecule has 8 heteroatoms.